The molecule has 0 aromatic heterocycles. The molecule has 25 heavy (non-hydrogen) atoms. The van der Waals surface area contributed by atoms with Gasteiger partial charge in [-0.15, -0.1) is 0 Å². The third kappa shape index (κ3) is 3.87. The lowest BCUT2D eigenvalue weighted by atomic mass is 9.96. The van der Waals surface area contributed by atoms with Crippen LogP contribution >= 0.6 is 0 Å². The van der Waals surface area contributed by atoms with Gasteiger partial charge in [-0.3, -0.25) is 0 Å². The quantitative estimate of drug-likeness (QED) is 0.822. The van der Waals surface area contributed by atoms with Crippen LogP contribution in [-0.2, 0) is 17.8 Å². The van der Waals surface area contributed by atoms with Gasteiger partial charge in [0, 0.05) is 13.1 Å². The summed E-state index contributed by atoms with van der Waals surface area (Å²) in [4.78, 5) is 14.2. The Kier molecular flexibility index (Phi) is 4.73. The first-order valence-electron chi connectivity index (χ1n) is 9.27. The van der Waals surface area contributed by atoms with Gasteiger partial charge >= 0.3 is 6.09 Å². The van der Waals surface area contributed by atoms with Crippen molar-refractivity contribution in [3.63, 3.8) is 0 Å². The van der Waals surface area contributed by atoms with Crippen molar-refractivity contribution in [3.05, 3.63) is 71.8 Å². The number of likely N-dealkylation sites (tertiary alicyclic amines) is 1. The summed E-state index contributed by atoms with van der Waals surface area (Å²) in [6.45, 7) is 2.09. The van der Waals surface area contributed by atoms with Gasteiger partial charge in [0.25, 0.3) is 0 Å². The second-order valence-electron chi connectivity index (χ2n) is 7.49. The number of hydrogen-bond donors (Lipinski definition) is 0. The average Bonchev–Trinajstić information content (AvgIpc) is 3.20. The van der Waals surface area contributed by atoms with E-state index in [0.717, 1.165) is 24.6 Å². The molecule has 0 spiro atoms. The topological polar surface area (TPSA) is 29.5 Å². The fraction of sp³-hybridized carbons (Fsp3) is 0.409. The summed E-state index contributed by atoms with van der Waals surface area (Å²) in [5.74, 6) is 2.07. The van der Waals surface area contributed by atoms with Crippen molar-refractivity contribution in [1.29, 1.82) is 0 Å². The minimum absolute atomic E-state index is 0.155. The van der Waals surface area contributed by atoms with Crippen molar-refractivity contribution in [3.8, 4) is 0 Å². The maximum absolute atomic E-state index is 12.3. The van der Waals surface area contributed by atoms with Crippen LogP contribution in [0.25, 0.3) is 0 Å². The van der Waals surface area contributed by atoms with Crippen molar-refractivity contribution in [1.82, 2.24) is 4.90 Å². The minimum atomic E-state index is -0.155. The van der Waals surface area contributed by atoms with Crippen LogP contribution in [0.15, 0.2) is 60.7 Å². The molecule has 2 unspecified atom stereocenters. The van der Waals surface area contributed by atoms with Crippen LogP contribution in [0, 0.1) is 17.8 Å². The Bertz CT molecular complexity index is 686. The molecule has 3 nitrogen and oxygen atoms in total. The number of nitrogens with zero attached hydrogens (tertiary/aromatic N) is 1. The largest absolute Gasteiger partial charge is 0.445 e. The lowest BCUT2D eigenvalue weighted by Gasteiger charge is -2.19. The molecular formula is C22H25NO2. The third-order valence-electron chi connectivity index (χ3n) is 5.68. The van der Waals surface area contributed by atoms with Crippen molar-refractivity contribution in [2.75, 3.05) is 13.1 Å². The van der Waals surface area contributed by atoms with Crippen LogP contribution in [0.4, 0.5) is 4.79 Å². The number of hydrogen-bond acceptors (Lipinski definition) is 2. The summed E-state index contributed by atoms with van der Waals surface area (Å²) in [6.07, 6.45) is 3.49. The van der Waals surface area contributed by atoms with E-state index >= 15 is 0 Å². The van der Waals surface area contributed by atoms with Crippen molar-refractivity contribution in [2.24, 2.45) is 17.8 Å². The Balaban J connectivity index is 1.25. The van der Waals surface area contributed by atoms with Gasteiger partial charge in [-0.05, 0) is 48.1 Å². The van der Waals surface area contributed by atoms with E-state index in [0.29, 0.717) is 18.4 Å². The first-order valence-corrected chi connectivity index (χ1v) is 9.27. The SMILES string of the molecule is O=C(OCc1ccccc1)N1CC2CC(Cc3ccccc3)CC2C1. The van der Waals surface area contributed by atoms with Crippen LogP contribution < -0.4 is 0 Å². The highest BCUT2D eigenvalue weighted by molar-refractivity contribution is 5.68. The van der Waals surface area contributed by atoms with Gasteiger partial charge < -0.3 is 9.64 Å². The van der Waals surface area contributed by atoms with Crippen LogP contribution in [0.2, 0.25) is 0 Å². The minimum Gasteiger partial charge on any atom is -0.445 e. The molecule has 2 aromatic carbocycles. The Morgan fingerprint density at radius 2 is 1.44 bits per heavy atom. The van der Waals surface area contributed by atoms with Crippen LogP contribution in [0.5, 0.6) is 0 Å². The molecule has 130 valence electrons. The molecule has 4 rings (SSSR count). The maximum Gasteiger partial charge on any atom is 0.410 e. The van der Waals surface area contributed by atoms with Crippen molar-refractivity contribution >= 4 is 6.09 Å². The van der Waals surface area contributed by atoms with E-state index in [-0.39, 0.29) is 6.09 Å². The van der Waals surface area contributed by atoms with E-state index in [1.54, 1.807) is 0 Å². The zero-order chi connectivity index (χ0) is 17.1. The van der Waals surface area contributed by atoms with Gasteiger partial charge in [0.15, 0.2) is 0 Å². The second kappa shape index (κ2) is 7.30. The highest BCUT2D eigenvalue weighted by Crippen LogP contribution is 2.42. The Labute approximate surface area is 149 Å². The van der Waals surface area contributed by atoms with Crippen LogP contribution in [-0.4, -0.2) is 24.1 Å². The Hall–Kier alpha value is -2.29. The molecule has 1 amide bonds. The zero-order valence-corrected chi connectivity index (χ0v) is 14.5. The number of rotatable bonds is 4. The summed E-state index contributed by atoms with van der Waals surface area (Å²) >= 11 is 0. The normalized spacial score (nSPS) is 25.0. The number of carbonyl (C=O) groups is 1. The zero-order valence-electron chi connectivity index (χ0n) is 14.5. The highest BCUT2D eigenvalue weighted by Gasteiger charge is 2.42. The number of carbonyl (C=O) groups excluding carboxylic acids is 1. The van der Waals surface area contributed by atoms with E-state index in [1.807, 2.05) is 35.2 Å². The molecule has 2 aliphatic rings. The summed E-state index contributed by atoms with van der Waals surface area (Å²) < 4.78 is 5.49. The molecule has 2 atom stereocenters. The summed E-state index contributed by atoms with van der Waals surface area (Å²) in [5, 5.41) is 0. The van der Waals surface area contributed by atoms with Gasteiger partial charge in [0.2, 0.25) is 0 Å². The highest BCUT2D eigenvalue weighted by atomic mass is 16.6. The monoisotopic (exact) mass is 335 g/mol. The van der Waals surface area contributed by atoms with E-state index in [2.05, 4.69) is 30.3 Å². The number of amides is 1. The molecule has 1 saturated carbocycles. The number of fused-ring (bicyclic) bond motifs is 1. The molecule has 1 aliphatic carbocycles. The third-order valence-corrected chi connectivity index (χ3v) is 5.68. The number of benzene rings is 2. The Morgan fingerprint density at radius 1 is 0.880 bits per heavy atom. The Morgan fingerprint density at radius 3 is 2.04 bits per heavy atom. The fourth-order valence-corrected chi connectivity index (χ4v) is 4.50. The molecule has 1 heterocycles. The summed E-state index contributed by atoms with van der Waals surface area (Å²) in [7, 11) is 0. The fourth-order valence-electron chi connectivity index (χ4n) is 4.50. The van der Waals surface area contributed by atoms with Crippen LogP contribution in [0.3, 0.4) is 0 Å². The first-order chi connectivity index (χ1) is 12.3. The lowest BCUT2D eigenvalue weighted by molar-refractivity contribution is 0.101. The smallest absolute Gasteiger partial charge is 0.410 e. The van der Waals surface area contributed by atoms with Crippen molar-refractivity contribution < 1.29 is 9.53 Å². The van der Waals surface area contributed by atoms with Gasteiger partial charge in [0.1, 0.15) is 6.61 Å². The average molecular weight is 335 g/mol. The molecule has 3 heteroatoms. The van der Waals surface area contributed by atoms with Gasteiger partial charge in [0.05, 0.1) is 0 Å². The molecule has 1 saturated heterocycles. The molecule has 2 aromatic rings. The van der Waals surface area contributed by atoms with E-state index in [1.165, 1.54) is 24.8 Å². The van der Waals surface area contributed by atoms with Gasteiger partial charge in [-0.25, -0.2) is 4.79 Å². The first kappa shape index (κ1) is 16.2. The maximum atomic E-state index is 12.3. The lowest BCUT2D eigenvalue weighted by Crippen LogP contribution is -2.30. The number of ether oxygens (including phenoxy) is 1. The second-order valence-corrected chi connectivity index (χ2v) is 7.49. The summed E-state index contributed by atoms with van der Waals surface area (Å²) in [5.41, 5.74) is 2.48. The van der Waals surface area contributed by atoms with Gasteiger partial charge in [-0.2, -0.15) is 0 Å². The van der Waals surface area contributed by atoms with Crippen LogP contribution in [0.1, 0.15) is 24.0 Å². The van der Waals surface area contributed by atoms with E-state index in [9.17, 15) is 4.79 Å². The molecular weight excluding hydrogens is 310 g/mol. The predicted molar refractivity (Wildman–Crippen MR) is 98.1 cm³/mol. The van der Waals surface area contributed by atoms with E-state index < -0.39 is 0 Å². The molecule has 1 aliphatic heterocycles. The molecule has 0 N–H and O–H groups in total. The standard InChI is InChI=1S/C22H25NO2/c24-22(25-16-18-9-5-2-6-10-18)23-14-20-12-19(13-21(20)15-23)11-17-7-3-1-4-8-17/h1-10,19-21H,11-16H2. The summed E-state index contributed by atoms with van der Waals surface area (Å²) in [6, 6.07) is 20.6. The molecule has 2 fully saturated rings. The van der Waals surface area contributed by atoms with Crippen molar-refractivity contribution in [2.45, 2.75) is 25.9 Å². The molecule has 0 radical (unpaired) electrons. The van der Waals surface area contributed by atoms with Gasteiger partial charge in [-0.1, -0.05) is 60.7 Å². The molecule has 0 bridgehead atoms. The predicted octanol–water partition coefficient (Wildman–Crippen LogP) is 4.52. The van der Waals surface area contributed by atoms with E-state index in [4.69, 9.17) is 4.74 Å².